The number of carbonyl (C=O) groups is 3. The lowest BCUT2D eigenvalue weighted by molar-refractivity contribution is -0.184. The van der Waals surface area contributed by atoms with Crippen LogP contribution in [0.5, 0.6) is 0 Å². The van der Waals surface area contributed by atoms with Crippen LogP contribution in [0.1, 0.15) is 47.0 Å². The summed E-state index contributed by atoms with van der Waals surface area (Å²) in [5, 5.41) is 0. The van der Waals surface area contributed by atoms with Gasteiger partial charge >= 0.3 is 12.1 Å². The van der Waals surface area contributed by atoms with Crippen LogP contribution < -0.4 is 0 Å². The van der Waals surface area contributed by atoms with Gasteiger partial charge in [-0.05, 0) is 40.5 Å². The Bertz CT molecular complexity index is 502. The van der Waals surface area contributed by atoms with Crippen molar-refractivity contribution in [1.29, 1.82) is 0 Å². The van der Waals surface area contributed by atoms with E-state index in [1.165, 1.54) is 0 Å². The standard InChI is InChI=1S/C17H27NO6/c1-5-22-14(20)13-12(19)6-11-23-17(13)7-9-18(10-8-17)15(21)24-16(2,3)4/h13H,5-11H2,1-4H3. The Balaban J connectivity index is 2.07. The first-order chi connectivity index (χ1) is 11.2. The number of hydrogen-bond donors (Lipinski definition) is 0. The number of ketones is 1. The van der Waals surface area contributed by atoms with Gasteiger partial charge in [0.15, 0.2) is 5.78 Å². The summed E-state index contributed by atoms with van der Waals surface area (Å²) in [4.78, 5) is 38.3. The molecule has 0 aliphatic carbocycles. The van der Waals surface area contributed by atoms with Crippen LogP contribution in [0.2, 0.25) is 0 Å². The SMILES string of the molecule is CCOC(=O)C1C(=O)CCOC12CCN(C(=O)OC(C)(C)C)CC2. The third-order valence-electron chi connectivity index (χ3n) is 4.37. The van der Waals surface area contributed by atoms with Gasteiger partial charge in [-0.3, -0.25) is 9.59 Å². The first kappa shape index (κ1) is 18.7. The Morgan fingerprint density at radius 2 is 1.92 bits per heavy atom. The second kappa shape index (κ2) is 7.09. The molecule has 2 saturated heterocycles. The quantitative estimate of drug-likeness (QED) is 0.564. The zero-order valence-electron chi connectivity index (χ0n) is 14.9. The van der Waals surface area contributed by atoms with Gasteiger partial charge in [0.05, 0.1) is 18.8 Å². The molecule has 136 valence electrons. The molecule has 2 rings (SSSR count). The fourth-order valence-corrected chi connectivity index (χ4v) is 3.28. The smallest absolute Gasteiger partial charge is 0.410 e. The van der Waals surface area contributed by atoms with E-state index in [1.807, 2.05) is 20.8 Å². The Morgan fingerprint density at radius 1 is 1.29 bits per heavy atom. The molecule has 0 aromatic heterocycles. The maximum atomic E-state index is 12.3. The zero-order chi connectivity index (χ0) is 18.0. The summed E-state index contributed by atoms with van der Waals surface area (Å²) in [6.45, 7) is 8.46. The highest BCUT2D eigenvalue weighted by Crippen LogP contribution is 2.39. The predicted molar refractivity (Wildman–Crippen MR) is 85.5 cm³/mol. The number of hydrogen-bond acceptors (Lipinski definition) is 6. The number of ether oxygens (including phenoxy) is 3. The fourth-order valence-electron chi connectivity index (χ4n) is 3.28. The van der Waals surface area contributed by atoms with E-state index in [-0.39, 0.29) is 24.9 Å². The predicted octanol–water partition coefficient (Wildman–Crippen LogP) is 1.92. The average Bonchev–Trinajstić information content (AvgIpc) is 2.46. The molecular formula is C17H27NO6. The number of carbonyl (C=O) groups excluding carboxylic acids is 3. The van der Waals surface area contributed by atoms with Crippen molar-refractivity contribution in [3.63, 3.8) is 0 Å². The molecule has 0 N–H and O–H groups in total. The van der Waals surface area contributed by atoms with Crippen LogP contribution in [0.15, 0.2) is 0 Å². The lowest BCUT2D eigenvalue weighted by Crippen LogP contribution is -2.59. The van der Waals surface area contributed by atoms with Crippen LogP contribution in [0.3, 0.4) is 0 Å². The van der Waals surface area contributed by atoms with Crippen molar-refractivity contribution in [3.05, 3.63) is 0 Å². The average molecular weight is 341 g/mol. The third-order valence-corrected chi connectivity index (χ3v) is 4.37. The molecule has 0 aromatic carbocycles. The van der Waals surface area contributed by atoms with Crippen LogP contribution in [0, 0.1) is 5.92 Å². The number of piperidine rings is 1. The van der Waals surface area contributed by atoms with Crippen molar-refractivity contribution >= 4 is 17.8 Å². The Hall–Kier alpha value is -1.63. The maximum Gasteiger partial charge on any atom is 0.410 e. The van der Waals surface area contributed by atoms with Crippen LogP contribution >= 0.6 is 0 Å². The molecule has 24 heavy (non-hydrogen) atoms. The van der Waals surface area contributed by atoms with E-state index in [9.17, 15) is 14.4 Å². The molecule has 0 radical (unpaired) electrons. The van der Waals surface area contributed by atoms with Gasteiger partial charge in [-0.2, -0.15) is 0 Å². The highest BCUT2D eigenvalue weighted by Gasteiger charge is 2.53. The third kappa shape index (κ3) is 4.06. The van der Waals surface area contributed by atoms with Crippen LogP contribution in [0.4, 0.5) is 4.79 Å². The van der Waals surface area contributed by atoms with Crippen molar-refractivity contribution in [2.45, 2.75) is 58.2 Å². The van der Waals surface area contributed by atoms with Crippen LogP contribution in [-0.2, 0) is 23.8 Å². The van der Waals surface area contributed by atoms with E-state index >= 15 is 0 Å². The molecule has 7 heteroatoms. The number of nitrogens with zero attached hydrogens (tertiary/aromatic N) is 1. The summed E-state index contributed by atoms with van der Waals surface area (Å²) in [7, 11) is 0. The van der Waals surface area contributed by atoms with E-state index in [1.54, 1.807) is 11.8 Å². The Morgan fingerprint density at radius 3 is 2.46 bits per heavy atom. The number of amides is 1. The minimum Gasteiger partial charge on any atom is -0.465 e. The zero-order valence-corrected chi connectivity index (χ0v) is 14.9. The Kier molecular flexibility index (Phi) is 5.52. The second-order valence-corrected chi connectivity index (χ2v) is 7.28. The second-order valence-electron chi connectivity index (χ2n) is 7.28. The summed E-state index contributed by atoms with van der Waals surface area (Å²) in [6.07, 6.45) is 0.677. The lowest BCUT2D eigenvalue weighted by atomic mass is 9.74. The molecule has 1 atom stereocenters. The molecule has 2 aliphatic rings. The molecule has 1 amide bonds. The summed E-state index contributed by atoms with van der Waals surface area (Å²) in [6, 6.07) is 0. The molecule has 0 saturated carbocycles. The summed E-state index contributed by atoms with van der Waals surface area (Å²) >= 11 is 0. The molecule has 1 spiro atoms. The van der Waals surface area contributed by atoms with Crippen molar-refractivity contribution in [2.75, 3.05) is 26.3 Å². The number of esters is 1. The molecule has 7 nitrogen and oxygen atoms in total. The van der Waals surface area contributed by atoms with Crippen molar-refractivity contribution < 1.29 is 28.6 Å². The van der Waals surface area contributed by atoms with Crippen LogP contribution in [0.25, 0.3) is 0 Å². The van der Waals surface area contributed by atoms with E-state index in [2.05, 4.69) is 0 Å². The fraction of sp³-hybridized carbons (Fsp3) is 0.824. The molecule has 2 fully saturated rings. The van der Waals surface area contributed by atoms with E-state index in [4.69, 9.17) is 14.2 Å². The van der Waals surface area contributed by atoms with Gasteiger partial charge < -0.3 is 19.1 Å². The summed E-state index contributed by atoms with van der Waals surface area (Å²) in [5.41, 5.74) is -1.42. The first-order valence-corrected chi connectivity index (χ1v) is 8.50. The highest BCUT2D eigenvalue weighted by atomic mass is 16.6. The minimum absolute atomic E-state index is 0.134. The van der Waals surface area contributed by atoms with E-state index in [0.717, 1.165) is 0 Å². The molecule has 2 heterocycles. The van der Waals surface area contributed by atoms with Crippen molar-refractivity contribution in [3.8, 4) is 0 Å². The minimum atomic E-state index is -0.896. The summed E-state index contributed by atoms with van der Waals surface area (Å²) in [5.74, 6) is -1.55. The molecular weight excluding hydrogens is 314 g/mol. The normalized spacial score (nSPS) is 23.9. The molecule has 1 unspecified atom stereocenters. The molecule has 2 aliphatic heterocycles. The van der Waals surface area contributed by atoms with Crippen LogP contribution in [-0.4, -0.2) is 60.3 Å². The van der Waals surface area contributed by atoms with E-state index in [0.29, 0.717) is 32.5 Å². The number of Topliss-reactive ketones (excluding diaryl/α,β-unsaturated/α-hetero) is 1. The monoisotopic (exact) mass is 341 g/mol. The lowest BCUT2D eigenvalue weighted by Gasteiger charge is -2.46. The largest absolute Gasteiger partial charge is 0.465 e. The van der Waals surface area contributed by atoms with Gasteiger partial charge in [0.2, 0.25) is 0 Å². The van der Waals surface area contributed by atoms with Crippen molar-refractivity contribution in [1.82, 2.24) is 4.90 Å². The van der Waals surface area contributed by atoms with Crippen molar-refractivity contribution in [2.24, 2.45) is 5.92 Å². The van der Waals surface area contributed by atoms with Gasteiger partial charge in [-0.15, -0.1) is 0 Å². The van der Waals surface area contributed by atoms with Gasteiger partial charge in [0.1, 0.15) is 11.5 Å². The van der Waals surface area contributed by atoms with Gasteiger partial charge in [0, 0.05) is 19.5 Å². The van der Waals surface area contributed by atoms with Gasteiger partial charge in [-0.1, -0.05) is 0 Å². The molecule has 0 bridgehead atoms. The maximum absolute atomic E-state index is 12.3. The summed E-state index contributed by atoms with van der Waals surface area (Å²) < 4.78 is 16.3. The highest BCUT2D eigenvalue weighted by molar-refractivity contribution is 6.01. The topological polar surface area (TPSA) is 82.1 Å². The number of likely N-dealkylation sites (tertiary alicyclic amines) is 1. The Labute approximate surface area is 142 Å². The van der Waals surface area contributed by atoms with Gasteiger partial charge in [0.25, 0.3) is 0 Å². The van der Waals surface area contributed by atoms with Gasteiger partial charge in [-0.25, -0.2) is 4.79 Å². The van der Waals surface area contributed by atoms with E-state index < -0.39 is 23.1 Å². The first-order valence-electron chi connectivity index (χ1n) is 8.50. The number of rotatable bonds is 2. The molecule has 0 aromatic rings.